The topological polar surface area (TPSA) is 29.3 Å². The van der Waals surface area contributed by atoms with Crippen LogP contribution in [0.25, 0.3) is 0 Å². The third kappa shape index (κ3) is 3.33. The van der Waals surface area contributed by atoms with E-state index in [9.17, 15) is 8.78 Å². The SMILES string of the molecule is CC(N)Cc1ccc(N(C)c2cccc(F)c2)c(F)c1. The van der Waals surface area contributed by atoms with Crippen molar-refractivity contribution < 1.29 is 8.78 Å². The lowest BCUT2D eigenvalue weighted by atomic mass is 10.1. The van der Waals surface area contributed by atoms with Gasteiger partial charge in [-0.2, -0.15) is 0 Å². The summed E-state index contributed by atoms with van der Waals surface area (Å²) in [4.78, 5) is 1.62. The molecule has 2 N–H and O–H groups in total. The molecule has 0 aliphatic carbocycles. The van der Waals surface area contributed by atoms with Crippen LogP contribution < -0.4 is 10.6 Å². The maximum atomic E-state index is 14.2. The lowest BCUT2D eigenvalue weighted by molar-refractivity contribution is 0.620. The fraction of sp³-hybridized carbons (Fsp3) is 0.250. The third-order valence-electron chi connectivity index (χ3n) is 3.13. The van der Waals surface area contributed by atoms with Gasteiger partial charge in [0.15, 0.2) is 0 Å². The van der Waals surface area contributed by atoms with Crippen LogP contribution in [0.15, 0.2) is 42.5 Å². The largest absolute Gasteiger partial charge is 0.342 e. The molecule has 0 radical (unpaired) electrons. The second-order valence-corrected chi connectivity index (χ2v) is 5.01. The molecular weight excluding hydrogens is 258 g/mol. The van der Waals surface area contributed by atoms with Gasteiger partial charge in [-0.3, -0.25) is 0 Å². The van der Waals surface area contributed by atoms with Crippen LogP contribution in [-0.4, -0.2) is 13.1 Å². The molecule has 0 saturated heterocycles. The number of anilines is 2. The summed E-state index contributed by atoms with van der Waals surface area (Å²) in [6.45, 7) is 1.88. The summed E-state index contributed by atoms with van der Waals surface area (Å²) in [5, 5.41) is 0. The van der Waals surface area contributed by atoms with E-state index in [4.69, 9.17) is 5.73 Å². The van der Waals surface area contributed by atoms with Gasteiger partial charge in [0.2, 0.25) is 0 Å². The zero-order chi connectivity index (χ0) is 14.7. The number of nitrogens with zero attached hydrogens (tertiary/aromatic N) is 1. The van der Waals surface area contributed by atoms with Gasteiger partial charge >= 0.3 is 0 Å². The van der Waals surface area contributed by atoms with Crippen molar-refractivity contribution in [1.29, 1.82) is 0 Å². The summed E-state index contributed by atoms with van der Waals surface area (Å²) in [5.74, 6) is -0.682. The molecule has 0 heterocycles. The van der Waals surface area contributed by atoms with Crippen molar-refractivity contribution in [3.63, 3.8) is 0 Å². The average molecular weight is 276 g/mol. The Bertz CT molecular complexity index is 597. The Morgan fingerprint density at radius 3 is 2.50 bits per heavy atom. The van der Waals surface area contributed by atoms with Gasteiger partial charge in [-0.15, -0.1) is 0 Å². The monoisotopic (exact) mass is 276 g/mol. The van der Waals surface area contributed by atoms with Gasteiger partial charge in [0.1, 0.15) is 11.6 Å². The van der Waals surface area contributed by atoms with Crippen LogP contribution in [0.4, 0.5) is 20.2 Å². The Kier molecular flexibility index (Phi) is 4.35. The van der Waals surface area contributed by atoms with Crippen molar-refractivity contribution in [2.45, 2.75) is 19.4 Å². The van der Waals surface area contributed by atoms with E-state index in [-0.39, 0.29) is 17.7 Å². The third-order valence-corrected chi connectivity index (χ3v) is 3.13. The molecule has 0 spiro atoms. The lowest BCUT2D eigenvalue weighted by Crippen LogP contribution is -2.18. The van der Waals surface area contributed by atoms with E-state index < -0.39 is 0 Å². The number of benzene rings is 2. The highest BCUT2D eigenvalue weighted by atomic mass is 19.1. The van der Waals surface area contributed by atoms with Crippen LogP contribution in [0.3, 0.4) is 0 Å². The van der Waals surface area contributed by atoms with Gasteiger partial charge in [-0.1, -0.05) is 12.1 Å². The second-order valence-electron chi connectivity index (χ2n) is 5.01. The molecule has 106 valence electrons. The van der Waals surface area contributed by atoms with Crippen molar-refractivity contribution in [1.82, 2.24) is 0 Å². The molecule has 2 aromatic rings. The van der Waals surface area contributed by atoms with Gasteiger partial charge in [0, 0.05) is 18.8 Å². The standard InChI is InChI=1S/C16H18F2N2/c1-11(19)8-12-6-7-16(15(18)9-12)20(2)14-5-3-4-13(17)10-14/h3-7,9-11H,8,19H2,1-2H3. The lowest BCUT2D eigenvalue weighted by Gasteiger charge is -2.20. The quantitative estimate of drug-likeness (QED) is 0.924. The summed E-state index contributed by atoms with van der Waals surface area (Å²) < 4.78 is 27.4. The molecule has 2 nitrogen and oxygen atoms in total. The van der Waals surface area contributed by atoms with Crippen LogP contribution in [0, 0.1) is 11.6 Å². The number of hydrogen-bond donors (Lipinski definition) is 1. The molecule has 0 amide bonds. The predicted molar refractivity (Wildman–Crippen MR) is 78.2 cm³/mol. The van der Waals surface area contributed by atoms with Crippen LogP contribution >= 0.6 is 0 Å². The molecule has 2 aromatic carbocycles. The Morgan fingerprint density at radius 1 is 1.15 bits per heavy atom. The molecule has 0 fully saturated rings. The summed E-state index contributed by atoms with van der Waals surface area (Å²) in [6.07, 6.45) is 0.626. The van der Waals surface area contributed by atoms with Crippen molar-refractivity contribution in [3.05, 3.63) is 59.7 Å². The zero-order valence-corrected chi connectivity index (χ0v) is 11.6. The number of hydrogen-bond acceptors (Lipinski definition) is 2. The van der Waals surface area contributed by atoms with Gasteiger partial charge in [0.05, 0.1) is 5.69 Å². The first-order chi connectivity index (χ1) is 9.47. The maximum absolute atomic E-state index is 14.2. The Hall–Kier alpha value is -1.94. The zero-order valence-electron chi connectivity index (χ0n) is 11.6. The molecule has 0 aliphatic rings. The first kappa shape index (κ1) is 14.5. The highest BCUT2D eigenvalue weighted by molar-refractivity contribution is 5.63. The highest BCUT2D eigenvalue weighted by Crippen LogP contribution is 2.27. The van der Waals surface area contributed by atoms with Crippen LogP contribution in [-0.2, 0) is 6.42 Å². The van der Waals surface area contributed by atoms with Gasteiger partial charge < -0.3 is 10.6 Å². The highest BCUT2D eigenvalue weighted by Gasteiger charge is 2.11. The minimum absolute atomic E-state index is 0.0128. The van der Waals surface area contributed by atoms with Crippen molar-refractivity contribution >= 4 is 11.4 Å². The minimum Gasteiger partial charge on any atom is -0.342 e. The predicted octanol–water partition coefficient (Wildman–Crippen LogP) is 3.62. The van der Waals surface area contributed by atoms with E-state index in [1.54, 1.807) is 30.1 Å². The average Bonchev–Trinajstić information content (AvgIpc) is 2.37. The molecule has 0 bridgehead atoms. The van der Waals surface area contributed by atoms with Gasteiger partial charge in [0.25, 0.3) is 0 Å². The van der Waals surface area contributed by atoms with Crippen molar-refractivity contribution in [2.75, 3.05) is 11.9 Å². The smallest absolute Gasteiger partial charge is 0.147 e. The summed E-state index contributed by atoms with van der Waals surface area (Å²) in [5.41, 5.74) is 7.57. The van der Waals surface area contributed by atoms with Crippen LogP contribution in [0.1, 0.15) is 12.5 Å². The minimum atomic E-state index is -0.344. The van der Waals surface area contributed by atoms with E-state index in [0.29, 0.717) is 17.8 Å². The Labute approximate surface area is 117 Å². The molecule has 1 unspecified atom stereocenters. The molecule has 2 rings (SSSR count). The molecule has 0 saturated carbocycles. The first-order valence-corrected chi connectivity index (χ1v) is 6.50. The van der Waals surface area contributed by atoms with Gasteiger partial charge in [-0.05, 0) is 49.2 Å². The van der Waals surface area contributed by atoms with E-state index >= 15 is 0 Å². The number of nitrogens with two attached hydrogens (primary N) is 1. The summed E-state index contributed by atoms with van der Waals surface area (Å²) >= 11 is 0. The van der Waals surface area contributed by atoms with E-state index in [1.165, 1.54) is 18.2 Å². The van der Waals surface area contributed by atoms with E-state index in [0.717, 1.165) is 5.56 Å². The van der Waals surface area contributed by atoms with Crippen LogP contribution in [0.2, 0.25) is 0 Å². The van der Waals surface area contributed by atoms with Gasteiger partial charge in [-0.25, -0.2) is 8.78 Å². The Morgan fingerprint density at radius 2 is 1.90 bits per heavy atom. The molecular formula is C16H18F2N2. The number of rotatable bonds is 4. The van der Waals surface area contributed by atoms with Crippen molar-refractivity contribution in [3.8, 4) is 0 Å². The normalized spacial score (nSPS) is 12.2. The van der Waals surface area contributed by atoms with Crippen molar-refractivity contribution in [2.24, 2.45) is 5.73 Å². The number of halogens is 2. The molecule has 0 aliphatic heterocycles. The molecule has 0 aromatic heterocycles. The fourth-order valence-electron chi connectivity index (χ4n) is 2.15. The Balaban J connectivity index is 2.28. The van der Waals surface area contributed by atoms with E-state index in [2.05, 4.69) is 0 Å². The summed E-state index contributed by atoms with van der Waals surface area (Å²) in [6, 6.07) is 11.1. The molecule has 4 heteroatoms. The van der Waals surface area contributed by atoms with Crippen LogP contribution in [0.5, 0.6) is 0 Å². The molecule has 1 atom stereocenters. The second kappa shape index (κ2) is 6.01. The fourth-order valence-corrected chi connectivity index (χ4v) is 2.15. The maximum Gasteiger partial charge on any atom is 0.147 e. The van der Waals surface area contributed by atoms with E-state index in [1.807, 2.05) is 13.0 Å². The first-order valence-electron chi connectivity index (χ1n) is 6.50. The summed E-state index contributed by atoms with van der Waals surface area (Å²) in [7, 11) is 1.71. The molecule has 20 heavy (non-hydrogen) atoms.